The molecule has 3 heteroatoms. The van der Waals surface area contributed by atoms with Crippen LogP contribution in [0.1, 0.15) is 36.2 Å². The number of hydrogen-bond acceptors (Lipinski definition) is 2. The molecule has 98 valence electrons. The third-order valence-corrected chi connectivity index (χ3v) is 3.59. The predicted molar refractivity (Wildman–Crippen MR) is 71.5 cm³/mol. The van der Waals surface area contributed by atoms with E-state index in [0.717, 1.165) is 30.5 Å². The number of carbonyl (C=O) groups excluding carboxylic acids is 1. The monoisotopic (exact) mass is 247 g/mol. The Morgan fingerprint density at radius 1 is 1.33 bits per heavy atom. The highest BCUT2D eigenvalue weighted by atomic mass is 16.3. The normalized spacial score (nSPS) is 17.6. The number of aliphatic hydroxyl groups is 1. The van der Waals surface area contributed by atoms with Crippen LogP contribution < -0.4 is 0 Å². The maximum Gasteiger partial charge on any atom is 0.254 e. The lowest BCUT2D eigenvalue weighted by atomic mass is 10.0. The fourth-order valence-corrected chi connectivity index (χ4v) is 2.29. The summed E-state index contributed by atoms with van der Waals surface area (Å²) in [6, 6.07) is 7.79. The van der Waals surface area contributed by atoms with E-state index in [4.69, 9.17) is 0 Å². The van der Waals surface area contributed by atoms with Crippen LogP contribution in [0.5, 0.6) is 0 Å². The molecule has 1 heterocycles. The Hall–Kier alpha value is -1.35. The van der Waals surface area contributed by atoms with Crippen LogP contribution in [0.4, 0.5) is 0 Å². The number of aryl methyl sites for hydroxylation is 1. The number of carbonyl (C=O) groups is 1. The van der Waals surface area contributed by atoms with Crippen LogP contribution in [0, 0.1) is 5.92 Å². The molecule has 1 amide bonds. The Labute approximate surface area is 108 Å². The first kappa shape index (κ1) is 13.1. The zero-order valence-electron chi connectivity index (χ0n) is 11.1. The average Bonchev–Trinajstić information content (AvgIpc) is 2.51. The van der Waals surface area contributed by atoms with E-state index in [2.05, 4.69) is 0 Å². The van der Waals surface area contributed by atoms with Gasteiger partial charge in [-0.3, -0.25) is 4.79 Å². The highest BCUT2D eigenvalue weighted by molar-refractivity contribution is 5.96. The smallest absolute Gasteiger partial charge is 0.254 e. The molecule has 18 heavy (non-hydrogen) atoms. The molecule has 0 aromatic heterocycles. The van der Waals surface area contributed by atoms with Gasteiger partial charge < -0.3 is 10.0 Å². The molecule has 0 spiro atoms. The van der Waals surface area contributed by atoms with E-state index < -0.39 is 6.10 Å². The van der Waals surface area contributed by atoms with Crippen LogP contribution in [-0.4, -0.2) is 35.1 Å². The van der Waals surface area contributed by atoms with E-state index in [0.29, 0.717) is 6.54 Å². The summed E-state index contributed by atoms with van der Waals surface area (Å²) in [4.78, 5) is 14.2. The number of benzene rings is 1. The van der Waals surface area contributed by atoms with Crippen molar-refractivity contribution < 1.29 is 9.90 Å². The van der Waals surface area contributed by atoms with E-state index in [-0.39, 0.29) is 11.8 Å². The van der Waals surface area contributed by atoms with Gasteiger partial charge in [-0.2, -0.15) is 0 Å². The Kier molecular flexibility index (Phi) is 4.02. The minimum absolute atomic E-state index is 0.0581. The van der Waals surface area contributed by atoms with Gasteiger partial charge in [0.2, 0.25) is 0 Å². The summed E-state index contributed by atoms with van der Waals surface area (Å²) < 4.78 is 0. The molecule has 3 nitrogen and oxygen atoms in total. The first-order valence-electron chi connectivity index (χ1n) is 6.65. The van der Waals surface area contributed by atoms with Crippen LogP contribution >= 0.6 is 0 Å². The van der Waals surface area contributed by atoms with Crippen LogP contribution in [-0.2, 0) is 6.42 Å². The molecule has 1 unspecified atom stereocenters. The van der Waals surface area contributed by atoms with Crippen LogP contribution in [0.15, 0.2) is 24.3 Å². The molecule has 1 aromatic rings. The van der Waals surface area contributed by atoms with Gasteiger partial charge in [-0.25, -0.2) is 0 Å². The summed E-state index contributed by atoms with van der Waals surface area (Å²) in [5.41, 5.74) is 1.93. The van der Waals surface area contributed by atoms with Crippen molar-refractivity contribution in [3.63, 3.8) is 0 Å². The summed E-state index contributed by atoms with van der Waals surface area (Å²) >= 11 is 0. The summed E-state index contributed by atoms with van der Waals surface area (Å²) in [7, 11) is 0. The van der Waals surface area contributed by atoms with Gasteiger partial charge in [-0.05, 0) is 30.4 Å². The van der Waals surface area contributed by atoms with Gasteiger partial charge in [0.25, 0.3) is 5.91 Å². The third-order valence-electron chi connectivity index (χ3n) is 3.59. The molecule has 0 saturated carbocycles. The number of fused-ring (bicyclic) bond motifs is 1. The quantitative estimate of drug-likeness (QED) is 0.888. The minimum Gasteiger partial charge on any atom is -0.391 e. The van der Waals surface area contributed by atoms with Gasteiger partial charge in [-0.1, -0.05) is 32.0 Å². The predicted octanol–water partition coefficient (Wildman–Crippen LogP) is 2.09. The largest absolute Gasteiger partial charge is 0.391 e. The Balaban J connectivity index is 2.18. The second-order valence-electron chi connectivity index (χ2n) is 5.32. The van der Waals surface area contributed by atoms with Gasteiger partial charge in [-0.15, -0.1) is 0 Å². The van der Waals surface area contributed by atoms with Crippen molar-refractivity contribution in [3.8, 4) is 0 Å². The molecule has 0 aliphatic carbocycles. The number of β-amino-alcohol motifs (C(OH)–C–C–N with tert-alkyl or cyclic N) is 1. The van der Waals surface area contributed by atoms with E-state index >= 15 is 0 Å². The fraction of sp³-hybridized carbons (Fsp3) is 0.533. The molecular weight excluding hydrogens is 226 g/mol. The van der Waals surface area contributed by atoms with Crippen molar-refractivity contribution in [2.75, 3.05) is 13.1 Å². The van der Waals surface area contributed by atoms with Crippen molar-refractivity contribution in [1.82, 2.24) is 4.90 Å². The highest BCUT2D eigenvalue weighted by Gasteiger charge is 2.24. The number of aliphatic hydroxyl groups excluding tert-OH is 1. The summed E-state index contributed by atoms with van der Waals surface area (Å²) in [5, 5.41) is 9.94. The van der Waals surface area contributed by atoms with Gasteiger partial charge in [0.05, 0.1) is 6.10 Å². The van der Waals surface area contributed by atoms with Gasteiger partial charge in [0.1, 0.15) is 0 Å². The molecule has 1 aliphatic heterocycles. The molecule has 0 bridgehead atoms. The molecule has 0 radical (unpaired) electrons. The molecule has 1 atom stereocenters. The van der Waals surface area contributed by atoms with Crippen LogP contribution in [0.25, 0.3) is 0 Å². The maximum atomic E-state index is 12.4. The van der Waals surface area contributed by atoms with E-state index in [1.54, 1.807) is 4.90 Å². The maximum absolute atomic E-state index is 12.4. The SMILES string of the molecule is CC(C)C(O)CN1CCCc2ccccc2C1=O. The molecular formula is C15H21NO2. The average molecular weight is 247 g/mol. The first-order valence-corrected chi connectivity index (χ1v) is 6.65. The Morgan fingerprint density at radius 2 is 2.06 bits per heavy atom. The molecule has 1 aromatic carbocycles. The van der Waals surface area contributed by atoms with Crippen LogP contribution in [0.2, 0.25) is 0 Å². The van der Waals surface area contributed by atoms with Crippen molar-refractivity contribution >= 4 is 5.91 Å². The van der Waals surface area contributed by atoms with Crippen molar-refractivity contribution in [1.29, 1.82) is 0 Å². The van der Waals surface area contributed by atoms with E-state index in [9.17, 15) is 9.90 Å². The topological polar surface area (TPSA) is 40.5 Å². The standard InChI is InChI=1S/C15H21NO2/c1-11(2)14(17)10-16-9-5-7-12-6-3-4-8-13(12)15(16)18/h3-4,6,8,11,14,17H,5,7,9-10H2,1-2H3. The molecule has 0 saturated heterocycles. The lowest BCUT2D eigenvalue weighted by molar-refractivity contribution is 0.0530. The number of rotatable bonds is 3. The van der Waals surface area contributed by atoms with Crippen molar-refractivity contribution in [3.05, 3.63) is 35.4 Å². The lowest BCUT2D eigenvalue weighted by Crippen LogP contribution is -2.39. The second-order valence-corrected chi connectivity index (χ2v) is 5.32. The molecule has 0 fully saturated rings. The summed E-state index contributed by atoms with van der Waals surface area (Å²) in [6.45, 7) is 5.12. The summed E-state index contributed by atoms with van der Waals surface area (Å²) in [6.07, 6.45) is 1.46. The number of hydrogen-bond donors (Lipinski definition) is 1. The molecule has 2 rings (SSSR count). The van der Waals surface area contributed by atoms with Gasteiger partial charge >= 0.3 is 0 Å². The van der Waals surface area contributed by atoms with Gasteiger partial charge in [0, 0.05) is 18.7 Å². The number of nitrogens with zero attached hydrogens (tertiary/aromatic N) is 1. The lowest BCUT2D eigenvalue weighted by Gasteiger charge is -2.25. The molecule has 1 N–H and O–H groups in total. The molecule has 1 aliphatic rings. The van der Waals surface area contributed by atoms with Crippen LogP contribution in [0.3, 0.4) is 0 Å². The number of amides is 1. The Morgan fingerprint density at radius 3 is 2.78 bits per heavy atom. The van der Waals surface area contributed by atoms with Crippen molar-refractivity contribution in [2.45, 2.75) is 32.8 Å². The van der Waals surface area contributed by atoms with Crippen molar-refractivity contribution in [2.24, 2.45) is 5.92 Å². The van der Waals surface area contributed by atoms with Gasteiger partial charge in [0.15, 0.2) is 0 Å². The first-order chi connectivity index (χ1) is 8.59. The Bertz CT molecular complexity index is 428. The zero-order chi connectivity index (χ0) is 13.1. The minimum atomic E-state index is -0.445. The third kappa shape index (κ3) is 2.72. The highest BCUT2D eigenvalue weighted by Crippen LogP contribution is 2.19. The fourth-order valence-electron chi connectivity index (χ4n) is 2.29. The van der Waals surface area contributed by atoms with E-state index in [1.165, 1.54) is 0 Å². The second kappa shape index (κ2) is 5.53. The van der Waals surface area contributed by atoms with E-state index in [1.807, 2.05) is 38.1 Å². The zero-order valence-corrected chi connectivity index (χ0v) is 11.1. The summed E-state index contributed by atoms with van der Waals surface area (Å²) in [5.74, 6) is 0.235.